The predicted octanol–water partition coefficient (Wildman–Crippen LogP) is 3.58. The van der Waals surface area contributed by atoms with Crippen LogP contribution in [0.5, 0.6) is 0 Å². The van der Waals surface area contributed by atoms with Crippen LogP contribution in [0, 0.1) is 13.8 Å². The molecular formula is C17H21N3. The maximum Gasteiger partial charge on any atom is 0.146 e. The summed E-state index contributed by atoms with van der Waals surface area (Å²) in [5.74, 6) is 0.945. The number of nitrogens with zero attached hydrogens (tertiary/aromatic N) is 2. The standard InChI is InChI=1S/C17H21N3/c1-12-6-8-14(9-7-12)16-11-13(2)19-17(20-16)15-5-3-4-10-18-15/h6-9,11,15,18H,3-5,10H2,1-2H3. The summed E-state index contributed by atoms with van der Waals surface area (Å²) in [6.07, 6.45) is 3.65. The number of hydrogen-bond acceptors (Lipinski definition) is 3. The number of aryl methyl sites for hydroxylation is 2. The Balaban J connectivity index is 1.95. The van der Waals surface area contributed by atoms with E-state index in [9.17, 15) is 0 Å². The molecule has 3 rings (SSSR count). The number of rotatable bonds is 2. The van der Waals surface area contributed by atoms with Crippen LogP contribution < -0.4 is 5.32 Å². The van der Waals surface area contributed by atoms with Crippen molar-refractivity contribution in [3.05, 3.63) is 47.4 Å². The van der Waals surface area contributed by atoms with Crippen LogP contribution in [0.15, 0.2) is 30.3 Å². The first kappa shape index (κ1) is 13.3. The Kier molecular flexibility index (Phi) is 3.79. The van der Waals surface area contributed by atoms with E-state index in [0.717, 1.165) is 35.7 Å². The van der Waals surface area contributed by atoms with Crippen LogP contribution in [0.2, 0.25) is 0 Å². The Hall–Kier alpha value is -1.74. The van der Waals surface area contributed by atoms with E-state index < -0.39 is 0 Å². The summed E-state index contributed by atoms with van der Waals surface area (Å²) in [6, 6.07) is 10.9. The van der Waals surface area contributed by atoms with Gasteiger partial charge >= 0.3 is 0 Å². The lowest BCUT2D eigenvalue weighted by Crippen LogP contribution is -2.28. The molecule has 0 bridgehead atoms. The summed E-state index contributed by atoms with van der Waals surface area (Å²) in [6.45, 7) is 5.22. The van der Waals surface area contributed by atoms with Gasteiger partial charge in [0.05, 0.1) is 11.7 Å². The SMILES string of the molecule is Cc1ccc(-c2cc(C)nc(C3CCCCN3)n2)cc1. The fourth-order valence-corrected chi connectivity index (χ4v) is 2.69. The topological polar surface area (TPSA) is 37.8 Å². The zero-order valence-electron chi connectivity index (χ0n) is 12.2. The third-order valence-corrected chi connectivity index (χ3v) is 3.84. The minimum absolute atomic E-state index is 0.313. The molecule has 104 valence electrons. The van der Waals surface area contributed by atoms with Gasteiger partial charge in [-0.3, -0.25) is 0 Å². The van der Waals surface area contributed by atoms with Gasteiger partial charge in [-0.2, -0.15) is 0 Å². The molecule has 1 aliphatic heterocycles. The molecule has 0 spiro atoms. The summed E-state index contributed by atoms with van der Waals surface area (Å²) in [7, 11) is 0. The van der Waals surface area contributed by atoms with Gasteiger partial charge in [0, 0.05) is 11.3 Å². The molecule has 1 unspecified atom stereocenters. The maximum atomic E-state index is 4.78. The van der Waals surface area contributed by atoms with Gasteiger partial charge in [-0.05, 0) is 39.3 Å². The number of nitrogens with one attached hydrogen (secondary N) is 1. The van der Waals surface area contributed by atoms with Crippen LogP contribution in [-0.2, 0) is 0 Å². The van der Waals surface area contributed by atoms with Gasteiger partial charge in [-0.15, -0.1) is 0 Å². The van der Waals surface area contributed by atoms with Crippen LogP contribution in [-0.4, -0.2) is 16.5 Å². The van der Waals surface area contributed by atoms with Crippen LogP contribution in [0.1, 0.15) is 42.4 Å². The van der Waals surface area contributed by atoms with Crippen LogP contribution in [0.3, 0.4) is 0 Å². The molecule has 1 aromatic heterocycles. The second-order valence-corrected chi connectivity index (χ2v) is 5.62. The molecule has 1 saturated heterocycles. The summed E-state index contributed by atoms with van der Waals surface area (Å²) < 4.78 is 0. The number of hydrogen-bond donors (Lipinski definition) is 1. The van der Waals surface area contributed by atoms with Gasteiger partial charge in [0.2, 0.25) is 0 Å². The first-order valence-corrected chi connectivity index (χ1v) is 7.38. The molecule has 0 aliphatic carbocycles. The fourth-order valence-electron chi connectivity index (χ4n) is 2.69. The molecule has 2 heterocycles. The molecule has 1 aliphatic rings. The molecule has 1 fully saturated rings. The van der Waals surface area contributed by atoms with E-state index in [1.165, 1.54) is 18.4 Å². The van der Waals surface area contributed by atoms with Crippen molar-refractivity contribution in [1.29, 1.82) is 0 Å². The Labute approximate surface area is 120 Å². The zero-order chi connectivity index (χ0) is 13.9. The van der Waals surface area contributed by atoms with Crippen LogP contribution in [0.4, 0.5) is 0 Å². The first-order valence-electron chi connectivity index (χ1n) is 7.38. The highest BCUT2D eigenvalue weighted by Crippen LogP contribution is 2.24. The van der Waals surface area contributed by atoms with E-state index in [-0.39, 0.29) is 0 Å². The molecule has 2 aromatic rings. The van der Waals surface area contributed by atoms with E-state index in [1.54, 1.807) is 0 Å². The van der Waals surface area contributed by atoms with Gasteiger partial charge < -0.3 is 5.32 Å². The van der Waals surface area contributed by atoms with Crippen LogP contribution >= 0.6 is 0 Å². The largest absolute Gasteiger partial charge is 0.307 e. The van der Waals surface area contributed by atoms with E-state index in [4.69, 9.17) is 4.98 Å². The van der Waals surface area contributed by atoms with E-state index >= 15 is 0 Å². The maximum absolute atomic E-state index is 4.78. The third-order valence-electron chi connectivity index (χ3n) is 3.84. The average Bonchev–Trinajstić information content (AvgIpc) is 2.48. The molecule has 3 heteroatoms. The van der Waals surface area contributed by atoms with Crippen molar-refractivity contribution in [3.8, 4) is 11.3 Å². The normalized spacial score (nSPS) is 19.0. The minimum Gasteiger partial charge on any atom is -0.307 e. The van der Waals surface area contributed by atoms with Gasteiger partial charge in [-0.25, -0.2) is 9.97 Å². The lowest BCUT2D eigenvalue weighted by atomic mass is 10.0. The molecule has 3 nitrogen and oxygen atoms in total. The second kappa shape index (κ2) is 5.71. The molecule has 1 aromatic carbocycles. The Morgan fingerprint density at radius 2 is 1.85 bits per heavy atom. The number of aromatic nitrogens is 2. The van der Waals surface area contributed by atoms with E-state index in [0.29, 0.717) is 6.04 Å². The van der Waals surface area contributed by atoms with Crippen molar-refractivity contribution in [2.45, 2.75) is 39.2 Å². The average molecular weight is 267 g/mol. The Morgan fingerprint density at radius 1 is 1.05 bits per heavy atom. The Morgan fingerprint density at radius 3 is 2.55 bits per heavy atom. The van der Waals surface area contributed by atoms with Crippen molar-refractivity contribution >= 4 is 0 Å². The lowest BCUT2D eigenvalue weighted by Gasteiger charge is -2.22. The first-order chi connectivity index (χ1) is 9.72. The molecule has 20 heavy (non-hydrogen) atoms. The van der Waals surface area contributed by atoms with Crippen molar-refractivity contribution in [2.24, 2.45) is 0 Å². The van der Waals surface area contributed by atoms with Crippen molar-refractivity contribution < 1.29 is 0 Å². The third kappa shape index (κ3) is 2.88. The van der Waals surface area contributed by atoms with Gasteiger partial charge in [0.25, 0.3) is 0 Å². The molecule has 1 N–H and O–H groups in total. The van der Waals surface area contributed by atoms with Crippen molar-refractivity contribution in [2.75, 3.05) is 6.54 Å². The number of piperidine rings is 1. The van der Waals surface area contributed by atoms with Gasteiger partial charge in [-0.1, -0.05) is 36.2 Å². The van der Waals surface area contributed by atoms with Gasteiger partial charge in [0.15, 0.2) is 0 Å². The highest BCUT2D eigenvalue weighted by molar-refractivity contribution is 5.59. The summed E-state index contributed by atoms with van der Waals surface area (Å²) in [5, 5.41) is 3.53. The fraction of sp³-hybridized carbons (Fsp3) is 0.412. The molecule has 0 amide bonds. The summed E-state index contributed by atoms with van der Waals surface area (Å²) >= 11 is 0. The predicted molar refractivity (Wildman–Crippen MR) is 81.5 cm³/mol. The quantitative estimate of drug-likeness (QED) is 0.903. The summed E-state index contributed by atoms with van der Waals surface area (Å²) in [5.41, 5.74) is 4.50. The lowest BCUT2D eigenvalue weighted by molar-refractivity contribution is 0.397. The zero-order valence-corrected chi connectivity index (χ0v) is 12.2. The smallest absolute Gasteiger partial charge is 0.146 e. The van der Waals surface area contributed by atoms with Crippen LogP contribution in [0.25, 0.3) is 11.3 Å². The van der Waals surface area contributed by atoms with Crippen molar-refractivity contribution in [1.82, 2.24) is 15.3 Å². The number of benzene rings is 1. The monoisotopic (exact) mass is 267 g/mol. The highest BCUT2D eigenvalue weighted by atomic mass is 15.0. The van der Waals surface area contributed by atoms with Gasteiger partial charge in [0.1, 0.15) is 5.82 Å². The highest BCUT2D eigenvalue weighted by Gasteiger charge is 2.18. The van der Waals surface area contributed by atoms with Crippen molar-refractivity contribution in [3.63, 3.8) is 0 Å². The van der Waals surface area contributed by atoms with E-state index in [1.807, 2.05) is 6.92 Å². The summed E-state index contributed by atoms with van der Waals surface area (Å²) in [4.78, 5) is 9.41. The molecule has 0 saturated carbocycles. The second-order valence-electron chi connectivity index (χ2n) is 5.62. The van der Waals surface area contributed by atoms with E-state index in [2.05, 4.69) is 47.6 Å². The molecule has 1 atom stereocenters. The minimum atomic E-state index is 0.313. The molecular weight excluding hydrogens is 246 g/mol. The molecule has 0 radical (unpaired) electrons. The Bertz CT molecular complexity index is 584.